The van der Waals surface area contributed by atoms with Crippen LogP contribution in [0.4, 0.5) is 0 Å². The maximum atomic E-state index is 14.5. The van der Waals surface area contributed by atoms with Crippen molar-refractivity contribution in [3.8, 4) is 0 Å². The van der Waals surface area contributed by atoms with Gasteiger partial charge >= 0.3 is 5.97 Å². The normalized spacial score (nSPS) is 31.3. The molecule has 214 valence electrons. The molecule has 0 aliphatic carbocycles. The number of carbonyl (C=O) groups excluding carboxylic acids is 3. The molecular formula is C30H48N2O5S. The minimum Gasteiger partial charge on any atom is -0.465 e. The zero-order valence-electron chi connectivity index (χ0n) is 24.0. The summed E-state index contributed by atoms with van der Waals surface area (Å²) in [7, 11) is 0. The maximum Gasteiger partial charge on any atom is 0.311 e. The fraction of sp³-hybridized carbons (Fsp3) is 0.767. The quantitative estimate of drug-likeness (QED) is 0.183. The van der Waals surface area contributed by atoms with Crippen molar-refractivity contribution < 1.29 is 24.2 Å². The summed E-state index contributed by atoms with van der Waals surface area (Å²) in [5, 5.41) is 10.5. The number of aliphatic hydroxyl groups excluding tert-OH is 1. The molecule has 0 radical (unpaired) electrons. The third kappa shape index (κ3) is 5.45. The SMILES string of the molecule is C=CCCCOC(=O)[C@@H]1[C@H]2C(=O)N([C@@H](CO)CC(C)C)C(C(=O)N(CC=C)C(C)CCC)C23CC[C@@]1(C)S3. The summed E-state index contributed by atoms with van der Waals surface area (Å²) in [6.07, 6.45) is 8.76. The number of unbranched alkanes of at least 4 members (excludes halogenated alkanes) is 1. The summed E-state index contributed by atoms with van der Waals surface area (Å²) < 4.78 is 4.52. The summed E-state index contributed by atoms with van der Waals surface area (Å²) >= 11 is 1.65. The number of nitrogens with zero attached hydrogens (tertiary/aromatic N) is 2. The lowest BCUT2D eigenvalue weighted by Crippen LogP contribution is -2.59. The van der Waals surface area contributed by atoms with Crippen LogP contribution in [-0.4, -0.2) is 80.1 Å². The maximum absolute atomic E-state index is 14.5. The van der Waals surface area contributed by atoms with Crippen molar-refractivity contribution in [3.05, 3.63) is 25.3 Å². The van der Waals surface area contributed by atoms with E-state index in [2.05, 4.69) is 40.9 Å². The molecule has 0 aromatic carbocycles. The molecule has 7 nitrogen and oxygen atoms in total. The molecular weight excluding hydrogens is 500 g/mol. The first-order valence-electron chi connectivity index (χ1n) is 14.3. The third-order valence-electron chi connectivity index (χ3n) is 8.69. The predicted molar refractivity (Wildman–Crippen MR) is 153 cm³/mol. The third-order valence-corrected chi connectivity index (χ3v) is 10.7. The number of esters is 1. The minimum atomic E-state index is -0.736. The number of allylic oxidation sites excluding steroid dienone is 1. The van der Waals surface area contributed by atoms with Crippen LogP contribution in [0, 0.1) is 17.8 Å². The molecule has 0 aromatic heterocycles. The van der Waals surface area contributed by atoms with Gasteiger partial charge in [-0.2, -0.15) is 0 Å². The Hall–Kier alpha value is -1.80. The number of hydrogen-bond donors (Lipinski definition) is 1. The van der Waals surface area contributed by atoms with Gasteiger partial charge in [-0.05, 0) is 58.3 Å². The van der Waals surface area contributed by atoms with Gasteiger partial charge in [-0.25, -0.2) is 0 Å². The van der Waals surface area contributed by atoms with Crippen LogP contribution in [0.5, 0.6) is 0 Å². The van der Waals surface area contributed by atoms with E-state index in [4.69, 9.17) is 4.74 Å². The van der Waals surface area contributed by atoms with Gasteiger partial charge in [-0.1, -0.05) is 39.3 Å². The molecule has 0 aromatic rings. The van der Waals surface area contributed by atoms with E-state index in [1.54, 1.807) is 28.8 Å². The van der Waals surface area contributed by atoms with E-state index in [1.165, 1.54) is 0 Å². The van der Waals surface area contributed by atoms with Gasteiger partial charge in [-0.15, -0.1) is 24.9 Å². The van der Waals surface area contributed by atoms with Crippen molar-refractivity contribution in [1.82, 2.24) is 9.80 Å². The first-order chi connectivity index (χ1) is 18.0. The molecule has 3 saturated heterocycles. The number of hydrogen-bond acceptors (Lipinski definition) is 6. The van der Waals surface area contributed by atoms with E-state index in [0.29, 0.717) is 25.8 Å². The van der Waals surface area contributed by atoms with E-state index in [9.17, 15) is 19.5 Å². The zero-order valence-corrected chi connectivity index (χ0v) is 24.8. The van der Waals surface area contributed by atoms with E-state index >= 15 is 0 Å². The van der Waals surface area contributed by atoms with E-state index in [-0.39, 0.29) is 43.0 Å². The Morgan fingerprint density at radius 3 is 2.55 bits per heavy atom. The number of rotatable bonds is 15. The minimum absolute atomic E-state index is 0.0135. The molecule has 3 heterocycles. The van der Waals surface area contributed by atoms with E-state index in [0.717, 1.165) is 25.7 Å². The molecule has 3 fully saturated rings. The molecule has 3 unspecified atom stereocenters. The molecule has 1 spiro atoms. The van der Waals surface area contributed by atoms with Crippen molar-refractivity contribution in [2.45, 2.75) is 107 Å². The van der Waals surface area contributed by atoms with Gasteiger partial charge in [0.1, 0.15) is 6.04 Å². The number of ether oxygens (including phenoxy) is 1. The molecule has 3 aliphatic rings. The highest BCUT2D eigenvalue weighted by molar-refractivity contribution is 8.02. The number of amides is 2. The van der Waals surface area contributed by atoms with Crippen LogP contribution in [0.2, 0.25) is 0 Å². The summed E-state index contributed by atoms with van der Waals surface area (Å²) in [5.41, 5.74) is 0. The van der Waals surface area contributed by atoms with Crippen LogP contribution in [-0.2, 0) is 19.1 Å². The monoisotopic (exact) mass is 548 g/mol. The Bertz CT molecular complexity index is 909. The Balaban J connectivity index is 2.07. The lowest BCUT2D eigenvalue weighted by Gasteiger charge is -2.41. The second-order valence-corrected chi connectivity index (χ2v) is 13.9. The number of carbonyl (C=O) groups is 3. The first kappa shape index (κ1) is 30.7. The summed E-state index contributed by atoms with van der Waals surface area (Å²) in [5.74, 6) is -1.65. The molecule has 2 bridgehead atoms. The van der Waals surface area contributed by atoms with Gasteiger partial charge in [0.15, 0.2) is 0 Å². The van der Waals surface area contributed by atoms with Gasteiger partial charge in [0.25, 0.3) is 0 Å². The molecule has 7 atom stereocenters. The lowest BCUT2D eigenvalue weighted by molar-refractivity contribution is -0.156. The standard InChI is InChI=1S/C30H48N2O5S/c1-8-11-12-17-37-28(36)24-23-26(34)32(22(19-33)18-20(4)5)25(30(23)15-14-29(24,7)38-30)27(35)31(16-10-3)21(6)13-9-2/h8,10,20-25,33H,1,3,9,11-19H2,2,4-7H3/t21?,22-,23+,24+,25?,29-,30?/m1/s1. The van der Waals surface area contributed by atoms with Crippen molar-refractivity contribution >= 4 is 29.5 Å². The van der Waals surface area contributed by atoms with Gasteiger partial charge in [0.05, 0.1) is 35.8 Å². The van der Waals surface area contributed by atoms with Gasteiger partial charge < -0.3 is 19.6 Å². The Morgan fingerprint density at radius 1 is 1.26 bits per heavy atom. The number of fused-ring (bicyclic) bond motifs is 1. The van der Waals surface area contributed by atoms with Crippen LogP contribution < -0.4 is 0 Å². The zero-order chi connectivity index (χ0) is 28.3. The van der Waals surface area contributed by atoms with Crippen LogP contribution >= 0.6 is 11.8 Å². The van der Waals surface area contributed by atoms with Crippen molar-refractivity contribution in [3.63, 3.8) is 0 Å². The predicted octanol–water partition coefficient (Wildman–Crippen LogP) is 4.59. The summed E-state index contributed by atoms with van der Waals surface area (Å²) in [6.45, 7) is 18.4. The van der Waals surface area contributed by atoms with Crippen molar-refractivity contribution in [1.29, 1.82) is 0 Å². The molecule has 8 heteroatoms. The molecule has 2 amide bonds. The van der Waals surface area contributed by atoms with Gasteiger partial charge in [-0.3, -0.25) is 14.4 Å². The molecule has 38 heavy (non-hydrogen) atoms. The highest BCUT2D eigenvalue weighted by Gasteiger charge is 2.78. The largest absolute Gasteiger partial charge is 0.465 e. The second kappa shape index (κ2) is 12.6. The molecule has 3 aliphatic heterocycles. The van der Waals surface area contributed by atoms with Crippen LogP contribution in [0.3, 0.4) is 0 Å². The van der Waals surface area contributed by atoms with E-state index in [1.807, 2.05) is 11.8 Å². The van der Waals surface area contributed by atoms with Crippen LogP contribution in [0.15, 0.2) is 25.3 Å². The topological polar surface area (TPSA) is 87.1 Å². The summed E-state index contributed by atoms with van der Waals surface area (Å²) in [4.78, 5) is 45.9. The molecule has 3 rings (SSSR count). The Labute approximate surface area is 233 Å². The highest BCUT2D eigenvalue weighted by Crippen LogP contribution is 2.72. The number of thioether (sulfide) groups is 1. The highest BCUT2D eigenvalue weighted by atomic mass is 32.2. The smallest absolute Gasteiger partial charge is 0.311 e. The van der Waals surface area contributed by atoms with Gasteiger partial charge in [0.2, 0.25) is 11.8 Å². The molecule has 1 N–H and O–H groups in total. The number of likely N-dealkylation sites (tertiary alicyclic amines) is 1. The lowest BCUT2D eigenvalue weighted by atomic mass is 9.66. The fourth-order valence-corrected chi connectivity index (χ4v) is 9.39. The first-order valence-corrected chi connectivity index (χ1v) is 15.2. The van der Waals surface area contributed by atoms with Gasteiger partial charge in [0, 0.05) is 17.3 Å². The molecule has 0 saturated carbocycles. The van der Waals surface area contributed by atoms with Crippen LogP contribution in [0.1, 0.15) is 79.6 Å². The summed E-state index contributed by atoms with van der Waals surface area (Å²) in [6, 6.07) is -1.24. The van der Waals surface area contributed by atoms with Crippen LogP contribution in [0.25, 0.3) is 0 Å². The van der Waals surface area contributed by atoms with E-state index < -0.39 is 33.4 Å². The van der Waals surface area contributed by atoms with Crippen molar-refractivity contribution in [2.75, 3.05) is 19.8 Å². The van der Waals surface area contributed by atoms with Crippen molar-refractivity contribution in [2.24, 2.45) is 17.8 Å². The fourth-order valence-electron chi connectivity index (χ4n) is 7.06. The number of aliphatic hydroxyl groups is 1. The Kier molecular flexibility index (Phi) is 10.2. The second-order valence-electron chi connectivity index (χ2n) is 12.0. The average molecular weight is 549 g/mol. The average Bonchev–Trinajstić information content (AvgIpc) is 3.44. The Morgan fingerprint density at radius 2 is 1.97 bits per heavy atom.